The van der Waals surface area contributed by atoms with Gasteiger partial charge >= 0.3 is 0 Å². The average Bonchev–Trinajstić information content (AvgIpc) is 3.42. The molecule has 9 heteroatoms. The van der Waals surface area contributed by atoms with Gasteiger partial charge in [-0.05, 0) is 17.5 Å². The lowest BCUT2D eigenvalue weighted by Gasteiger charge is -2.23. The molecule has 0 amide bonds. The molecule has 0 aliphatic heterocycles. The van der Waals surface area contributed by atoms with E-state index < -0.39 is 0 Å². The van der Waals surface area contributed by atoms with Gasteiger partial charge in [0.1, 0.15) is 17.9 Å². The maximum absolute atomic E-state index is 5.50. The molecule has 0 bridgehead atoms. The van der Waals surface area contributed by atoms with E-state index in [1.54, 1.807) is 24.8 Å². The van der Waals surface area contributed by atoms with E-state index >= 15 is 0 Å². The van der Waals surface area contributed by atoms with E-state index in [0.29, 0.717) is 13.1 Å². The van der Waals surface area contributed by atoms with Crippen molar-refractivity contribution >= 4 is 41.3 Å². The van der Waals surface area contributed by atoms with Gasteiger partial charge < -0.3 is 19.5 Å². The SMILES string of the molecule is CCc1nncn1CCNC(=NCc1cccs1)N(C)Cc1ccccc1OC.I. The molecule has 0 aliphatic rings. The molecule has 0 aliphatic carbocycles. The summed E-state index contributed by atoms with van der Waals surface area (Å²) in [6.07, 6.45) is 2.65. The number of nitrogens with zero attached hydrogens (tertiary/aromatic N) is 5. The number of aryl methyl sites for hydroxylation is 1. The first-order valence-electron chi connectivity index (χ1n) is 9.71. The zero-order valence-corrected chi connectivity index (χ0v) is 20.8. The molecule has 162 valence electrons. The Kier molecular flexibility index (Phi) is 10.1. The van der Waals surface area contributed by atoms with Crippen molar-refractivity contribution in [3.63, 3.8) is 0 Å². The lowest BCUT2D eigenvalue weighted by molar-refractivity contribution is 0.395. The fourth-order valence-electron chi connectivity index (χ4n) is 3.06. The summed E-state index contributed by atoms with van der Waals surface area (Å²) in [5.41, 5.74) is 1.12. The molecule has 0 radical (unpaired) electrons. The summed E-state index contributed by atoms with van der Waals surface area (Å²) < 4.78 is 7.57. The summed E-state index contributed by atoms with van der Waals surface area (Å²) in [5, 5.41) is 13.7. The lowest BCUT2D eigenvalue weighted by Crippen LogP contribution is -2.40. The second kappa shape index (κ2) is 12.5. The first-order valence-corrected chi connectivity index (χ1v) is 10.6. The van der Waals surface area contributed by atoms with E-state index in [-0.39, 0.29) is 24.0 Å². The van der Waals surface area contributed by atoms with Gasteiger partial charge in [-0.1, -0.05) is 31.2 Å². The zero-order chi connectivity index (χ0) is 20.5. The summed E-state index contributed by atoms with van der Waals surface area (Å²) in [7, 11) is 3.75. The number of hydrogen-bond acceptors (Lipinski definition) is 5. The second-order valence-corrected chi connectivity index (χ2v) is 7.64. The Bertz CT molecular complexity index is 912. The molecule has 0 saturated heterocycles. The normalized spacial score (nSPS) is 11.1. The predicted octanol–water partition coefficient (Wildman–Crippen LogP) is 3.81. The van der Waals surface area contributed by atoms with E-state index in [1.807, 2.05) is 25.2 Å². The maximum Gasteiger partial charge on any atom is 0.194 e. The summed E-state index contributed by atoms with van der Waals surface area (Å²) >= 11 is 1.72. The number of para-hydroxylation sites is 1. The lowest BCUT2D eigenvalue weighted by atomic mass is 10.2. The van der Waals surface area contributed by atoms with Gasteiger partial charge in [0.25, 0.3) is 0 Å². The van der Waals surface area contributed by atoms with Crippen molar-refractivity contribution < 1.29 is 4.74 Å². The van der Waals surface area contributed by atoms with Crippen molar-refractivity contribution in [3.05, 3.63) is 64.4 Å². The van der Waals surface area contributed by atoms with Crippen LogP contribution in [0.2, 0.25) is 0 Å². The fourth-order valence-corrected chi connectivity index (χ4v) is 3.69. The molecule has 1 aromatic carbocycles. The number of methoxy groups -OCH3 is 1. The number of guanidine groups is 1. The third-order valence-corrected chi connectivity index (χ3v) is 5.44. The second-order valence-electron chi connectivity index (χ2n) is 6.61. The molecule has 3 aromatic rings. The topological polar surface area (TPSA) is 67.6 Å². The fraction of sp³-hybridized carbons (Fsp3) is 0.381. The van der Waals surface area contributed by atoms with Crippen LogP contribution in [-0.2, 0) is 26.1 Å². The molecular formula is C21H29IN6OS. The van der Waals surface area contributed by atoms with Crippen LogP contribution in [0.15, 0.2) is 53.1 Å². The van der Waals surface area contributed by atoms with Crippen molar-refractivity contribution in [2.45, 2.75) is 33.0 Å². The first kappa shape index (κ1) is 24.1. The van der Waals surface area contributed by atoms with Crippen molar-refractivity contribution in [1.29, 1.82) is 0 Å². The highest BCUT2D eigenvalue weighted by Crippen LogP contribution is 2.19. The van der Waals surface area contributed by atoms with Gasteiger partial charge in [0.05, 0.1) is 13.7 Å². The van der Waals surface area contributed by atoms with Crippen LogP contribution in [0.25, 0.3) is 0 Å². The molecule has 2 aromatic heterocycles. The number of nitrogens with one attached hydrogen (secondary N) is 1. The molecule has 0 spiro atoms. The Morgan fingerprint density at radius 3 is 2.83 bits per heavy atom. The van der Waals surface area contributed by atoms with Crippen molar-refractivity contribution in [2.24, 2.45) is 4.99 Å². The minimum atomic E-state index is 0. The quantitative estimate of drug-likeness (QED) is 0.254. The number of rotatable bonds is 9. The third-order valence-electron chi connectivity index (χ3n) is 4.57. The molecule has 2 heterocycles. The molecular weight excluding hydrogens is 511 g/mol. The van der Waals surface area contributed by atoms with Gasteiger partial charge in [0, 0.05) is 43.5 Å². The third kappa shape index (κ3) is 6.69. The Balaban J connectivity index is 0.00000320. The highest BCUT2D eigenvalue weighted by molar-refractivity contribution is 14.0. The summed E-state index contributed by atoms with van der Waals surface area (Å²) in [6, 6.07) is 12.2. The molecule has 1 N–H and O–H groups in total. The van der Waals surface area contributed by atoms with Crippen LogP contribution in [0.4, 0.5) is 0 Å². The Morgan fingerprint density at radius 2 is 2.10 bits per heavy atom. The van der Waals surface area contributed by atoms with Crippen LogP contribution in [0.5, 0.6) is 5.75 Å². The molecule has 0 saturated carbocycles. The van der Waals surface area contributed by atoms with E-state index in [9.17, 15) is 0 Å². The number of benzene rings is 1. The molecule has 0 atom stereocenters. The Hall–Kier alpha value is -2.14. The predicted molar refractivity (Wildman–Crippen MR) is 133 cm³/mol. The van der Waals surface area contributed by atoms with E-state index in [0.717, 1.165) is 42.6 Å². The minimum absolute atomic E-state index is 0. The first-order chi connectivity index (χ1) is 14.2. The maximum atomic E-state index is 5.50. The van der Waals surface area contributed by atoms with Gasteiger partial charge in [0.2, 0.25) is 0 Å². The minimum Gasteiger partial charge on any atom is -0.496 e. The Morgan fingerprint density at radius 1 is 1.27 bits per heavy atom. The van der Waals surface area contributed by atoms with Crippen LogP contribution in [0.1, 0.15) is 23.2 Å². The van der Waals surface area contributed by atoms with Crippen LogP contribution in [0, 0.1) is 0 Å². The summed E-state index contributed by atoms with van der Waals surface area (Å²) in [4.78, 5) is 8.20. The van der Waals surface area contributed by atoms with Crippen molar-refractivity contribution in [1.82, 2.24) is 25.0 Å². The number of thiophene rings is 1. The van der Waals surface area contributed by atoms with E-state index in [4.69, 9.17) is 9.73 Å². The number of halogens is 1. The van der Waals surface area contributed by atoms with E-state index in [2.05, 4.69) is 55.5 Å². The van der Waals surface area contributed by atoms with Crippen LogP contribution >= 0.6 is 35.3 Å². The average molecular weight is 540 g/mol. The molecule has 7 nitrogen and oxygen atoms in total. The number of aromatic nitrogens is 3. The summed E-state index contributed by atoms with van der Waals surface area (Å²) in [6.45, 7) is 4.97. The molecule has 3 rings (SSSR count). The van der Waals surface area contributed by atoms with E-state index in [1.165, 1.54) is 4.88 Å². The highest BCUT2D eigenvalue weighted by Gasteiger charge is 2.11. The monoisotopic (exact) mass is 540 g/mol. The Labute approximate surface area is 199 Å². The number of hydrogen-bond donors (Lipinski definition) is 1. The van der Waals surface area contributed by atoms with Gasteiger partial charge in [0.15, 0.2) is 5.96 Å². The number of aliphatic imine (C=N–C) groups is 1. The highest BCUT2D eigenvalue weighted by atomic mass is 127. The van der Waals surface area contributed by atoms with Gasteiger partial charge in [-0.25, -0.2) is 4.99 Å². The van der Waals surface area contributed by atoms with Gasteiger partial charge in [-0.15, -0.1) is 45.5 Å². The van der Waals surface area contributed by atoms with Crippen LogP contribution in [0.3, 0.4) is 0 Å². The molecule has 30 heavy (non-hydrogen) atoms. The molecule has 0 fully saturated rings. The molecule has 0 unspecified atom stereocenters. The van der Waals surface area contributed by atoms with Crippen LogP contribution < -0.4 is 10.1 Å². The van der Waals surface area contributed by atoms with Crippen LogP contribution in [-0.4, -0.2) is 46.3 Å². The standard InChI is InChI=1S/C21H28N6OS.HI/c1-4-20-25-24-16-27(20)12-11-22-21(23-14-18-9-7-13-29-18)26(2)15-17-8-5-6-10-19(17)28-3;/h5-10,13,16H,4,11-12,14-15H2,1-3H3,(H,22,23);1H. The van der Waals surface area contributed by atoms with Gasteiger partial charge in [-0.2, -0.15) is 0 Å². The van der Waals surface area contributed by atoms with Crippen molar-refractivity contribution in [3.8, 4) is 5.75 Å². The van der Waals surface area contributed by atoms with Gasteiger partial charge in [-0.3, -0.25) is 0 Å². The summed E-state index contributed by atoms with van der Waals surface area (Å²) in [5.74, 6) is 2.73. The largest absolute Gasteiger partial charge is 0.496 e. The zero-order valence-electron chi connectivity index (χ0n) is 17.6. The smallest absolute Gasteiger partial charge is 0.194 e. The number of ether oxygens (including phenoxy) is 1. The van der Waals surface area contributed by atoms with Crippen molar-refractivity contribution in [2.75, 3.05) is 20.7 Å².